The van der Waals surface area contributed by atoms with Gasteiger partial charge in [0.15, 0.2) is 6.17 Å². The first-order chi connectivity index (χ1) is 37.2. The number of rotatable bonds is 7. The Bertz CT molecular complexity index is 4240. The normalized spacial score (nSPS) is 16.7. The summed E-state index contributed by atoms with van der Waals surface area (Å²) in [5.74, 6) is 1.65. The number of benzene rings is 10. The maximum Gasteiger partial charge on any atom is 0.156 e. The van der Waals surface area contributed by atoms with Gasteiger partial charge in [0.25, 0.3) is 0 Å². The molecule has 8 heteroatoms. The van der Waals surface area contributed by atoms with E-state index < -0.39 is 6.17 Å². The largest absolute Gasteiger partial charge is 0.367 e. The number of fused-ring (bicyclic) bond motifs is 9. The van der Waals surface area contributed by atoms with Crippen LogP contribution in [0.5, 0.6) is 0 Å². The van der Waals surface area contributed by atoms with Gasteiger partial charge in [-0.2, -0.15) is 0 Å². The van der Waals surface area contributed by atoms with Gasteiger partial charge < -0.3 is 19.8 Å². The summed E-state index contributed by atoms with van der Waals surface area (Å²) in [6.45, 7) is 0. The first-order valence-corrected chi connectivity index (χ1v) is 25.7. The molecule has 0 bridgehead atoms. The summed E-state index contributed by atoms with van der Waals surface area (Å²) in [5, 5.41) is 18.2. The van der Waals surface area contributed by atoms with E-state index in [9.17, 15) is 0 Å². The van der Waals surface area contributed by atoms with Crippen LogP contribution in [0.4, 0.5) is 0 Å². The van der Waals surface area contributed by atoms with Crippen LogP contribution in [0.2, 0.25) is 0 Å². The molecule has 3 aromatic heterocycles. The van der Waals surface area contributed by atoms with Crippen molar-refractivity contribution in [2.45, 2.75) is 18.5 Å². The van der Waals surface area contributed by atoms with Gasteiger partial charge in [-0.15, -0.1) is 0 Å². The number of amidine groups is 1. The van der Waals surface area contributed by atoms with Crippen LogP contribution in [0.15, 0.2) is 265 Å². The highest BCUT2D eigenvalue weighted by atomic mass is 15.3. The summed E-state index contributed by atoms with van der Waals surface area (Å²) in [6.07, 6.45) is 3.14. The number of hydrogen-bond donors (Lipinski definition) is 3. The van der Waals surface area contributed by atoms with Crippen molar-refractivity contribution in [2.75, 3.05) is 0 Å². The van der Waals surface area contributed by atoms with E-state index in [1.807, 2.05) is 18.3 Å². The van der Waals surface area contributed by atoms with Crippen LogP contribution >= 0.6 is 0 Å². The molecule has 13 aromatic rings. The Morgan fingerprint density at radius 1 is 0.333 bits per heavy atom. The SMILES string of the molecule is C1=CC(n2c3ccc(-c4ccc5c(c4)c4ccccc4n5-c4ccccc4)cc3c3cc(-c4ccc5c(c4)c4ccccc4n5-c4ccccc4)ccc32)=NC(C2N=C(c3ccccc3)NC(c3ccccc3)N2)N1. The fourth-order valence-electron chi connectivity index (χ4n) is 11.7. The molecule has 3 N–H and O–H groups in total. The zero-order valence-corrected chi connectivity index (χ0v) is 40.7. The molecule has 0 saturated carbocycles. The van der Waals surface area contributed by atoms with Crippen LogP contribution in [0.3, 0.4) is 0 Å². The molecule has 3 unspecified atom stereocenters. The van der Waals surface area contributed by atoms with Gasteiger partial charge >= 0.3 is 0 Å². The molecule has 0 aliphatic carbocycles. The van der Waals surface area contributed by atoms with E-state index in [1.54, 1.807) is 0 Å². The molecular weight excluding hydrogens is 917 g/mol. The quantitative estimate of drug-likeness (QED) is 0.149. The summed E-state index contributed by atoms with van der Waals surface area (Å²) < 4.78 is 7.07. The second kappa shape index (κ2) is 17.5. The maximum atomic E-state index is 5.53. The van der Waals surface area contributed by atoms with Crippen molar-refractivity contribution in [1.82, 2.24) is 29.7 Å². The Morgan fingerprint density at radius 2 is 0.747 bits per heavy atom. The summed E-state index contributed by atoms with van der Waals surface area (Å²) in [4.78, 5) is 10.8. The van der Waals surface area contributed by atoms with Crippen molar-refractivity contribution < 1.29 is 0 Å². The molecule has 8 nitrogen and oxygen atoms in total. The first kappa shape index (κ1) is 42.9. The molecule has 10 aromatic carbocycles. The number of hydrogen-bond acceptors (Lipinski definition) is 5. The molecule has 2 aliphatic heterocycles. The number of aliphatic imine (C=N–C) groups is 2. The molecule has 75 heavy (non-hydrogen) atoms. The molecule has 0 radical (unpaired) electrons. The van der Waals surface area contributed by atoms with Gasteiger partial charge in [0.2, 0.25) is 0 Å². The summed E-state index contributed by atoms with van der Waals surface area (Å²) in [6, 6.07) is 87.3. The lowest BCUT2D eigenvalue weighted by Gasteiger charge is -2.35. The molecular formula is C67H48N8. The summed E-state index contributed by atoms with van der Waals surface area (Å²) in [5.41, 5.74) is 16.0. The third kappa shape index (κ3) is 7.17. The predicted molar refractivity (Wildman–Crippen MR) is 310 cm³/mol. The van der Waals surface area contributed by atoms with Crippen molar-refractivity contribution in [3.05, 3.63) is 266 Å². The van der Waals surface area contributed by atoms with Crippen LogP contribution < -0.4 is 16.0 Å². The van der Waals surface area contributed by atoms with Crippen molar-refractivity contribution >= 4 is 77.1 Å². The molecule has 0 spiro atoms. The van der Waals surface area contributed by atoms with Gasteiger partial charge in [-0.05, 0) is 119 Å². The van der Waals surface area contributed by atoms with Crippen LogP contribution in [0, 0.1) is 0 Å². The topological polar surface area (TPSA) is 75.6 Å². The fourth-order valence-corrected chi connectivity index (χ4v) is 11.7. The second-order valence-corrected chi connectivity index (χ2v) is 19.5. The lowest BCUT2D eigenvalue weighted by Crippen LogP contribution is -2.55. The van der Waals surface area contributed by atoms with E-state index in [-0.39, 0.29) is 12.3 Å². The molecule has 0 fully saturated rings. The van der Waals surface area contributed by atoms with Crippen molar-refractivity contribution in [3.8, 4) is 33.6 Å². The Labute approximate surface area is 432 Å². The number of nitrogens with one attached hydrogen (secondary N) is 3. The minimum atomic E-state index is -0.405. The number of allylic oxidation sites excluding steroid dienone is 1. The Morgan fingerprint density at radius 3 is 1.25 bits per heavy atom. The molecule has 0 saturated heterocycles. The zero-order valence-electron chi connectivity index (χ0n) is 40.7. The van der Waals surface area contributed by atoms with E-state index >= 15 is 0 Å². The van der Waals surface area contributed by atoms with Gasteiger partial charge in [-0.3, -0.25) is 9.88 Å². The Hall–Kier alpha value is -9.76. The minimum absolute atomic E-state index is 0.177. The molecule has 3 atom stereocenters. The fraction of sp³-hybridized carbons (Fsp3) is 0.0448. The van der Waals surface area contributed by atoms with Crippen LogP contribution in [0.1, 0.15) is 17.3 Å². The van der Waals surface area contributed by atoms with Gasteiger partial charge in [-0.25, -0.2) is 9.98 Å². The first-order valence-electron chi connectivity index (χ1n) is 25.7. The monoisotopic (exact) mass is 964 g/mol. The highest BCUT2D eigenvalue weighted by Crippen LogP contribution is 2.40. The van der Waals surface area contributed by atoms with E-state index in [2.05, 4.69) is 266 Å². The number of para-hydroxylation sites is 4. The van der Waals surface area contributed by atoms with Gasteiger partial charge in [-0.1, -0.05) is 158 Å². The molecule has 15 rings (SSSR count). The van der Waals surface area contributed by atoms with E-state index in [0.717, 1.165) is 78.2 Å². The minimum Gasteiger partial charge on any atom is -0.367 e. The summed E-state index contributed by atoms with van der Waals surface area (Å²) >= 11 is 0. The standard InChI is InChI=1S/C67H48N8/c1-5-17-43(18-6-1)64-70-65(44-19-7-2-8-20-44)72-67(71-64)66-68-38-37-63(69-66)75-61-35-31-47(45-29-33-59-53(39-45)51-25-13-15-27-57(51)73(59)49-21-9-3-10-22-49)41-55(61)56-42-48(32-36-62(56)75)46-30-34-60-54(40-46)52-26-14-16-28-58(52)74(60)50-23-11-4-12-24-50/h1-42,64,66-68,71H,(H,70,72). The zero-order chi connectivity index (χ0) is 49.4. The van der Waals surface area contributed by atoms with E-state index in [1.165, 1.54) is 43.6 Å². The van der Waals surface area contributed by atoms with Crippen LogP contribution in [0.25, 0.3) is 99.0 Å². The van der Waals surface area contributed by atoms with Crippen LogP contribution in [-0.4, -0.2) is 37.7 Å². The van der Waals surface area contributed by atoms with E-state index in [4.69, 9.17) is 9.98 Å². The Balaban J connectivity index is 0.894. The molecule has 0 amide bonds. The van der Waals surface area contributed by atoms with Crippen molar-refractivity contribution in [3.63, 3.8) is 0 Å². The maximum absolute atomic E-state index is 5.53. The predicted octanol–water partition coefficient (Wildman–Crippen LogP) is 14.7. The van der Waals surface area contributed by atoms with Crippen LogP contribution in [-0.2, 0) is 0 Å². The van der Waals surface area contributed by atoms with Crippen molar-refractivity contribution in [2.24, 2.45) is 9.98 Å². The number of aromatic nitrogens is 3. The third-order valence-electron chi connectivity index (χ3n) is 15.2. The second-order valence-electron chi connectivity index (χ2n) is 19.5. The highest BCUT2D eigenvalue weighted by Gasteiger charge is 2.31. The smallest absolute Gasteiger partial charge is 0.156 e. The lowest BCUT2D eigenvalue weighted by atomic mass is 9.98. The summed E-state index contributed by atoms with van der Waals surface area (Å²) in [7, 11) is 0. The lowest BCUT2D eigenvalue weighted by molar-refractivity contribution is 0.338. The van der Waals surface area contributed by atoms with E-state index in [0.29, 0.717) is 0 Å². The van der Waals surface area contributed by atoms with Gasteiger partial charge in [0.1, 0.15) is 24.0 Å². The molecule has 5 heterocycles. The third-order valence-corrected chi connectivity index (χ3v) is 15.2. The van der Waals surface area contributed by atoms with Crippen molar-refractivity contribution in [1.29, 1.82) is 0 Å². The van der Waals surface area contributed by atoms with Gasteiger partial charge in [0.05, 0.1) is 33.1 Å². The van der Waals surface area contributed by atoms with Gasteiger partial charge in [0, 0.05) is 55.5 Å². The molecule has 2 aliphatic rings. The highest BCUT2D eigenvalue weighted by molar-refractivity contribution is 6.19. The molecule has 356 valence electrons. The average Bonchev–Trinajstić information content (AvgIpc) is 4.13. The number of nitrogens with zero attached hydrogens (tertiary/aromatic N) is 5. The average molecular weight is 965 g/mol. The Kier molecular flexibility index (Phi) is 9.99.